The number of ether oxygens (including phenoxy) is 1. The van der Waals surface area contributed by atoms with Gasteiger partial charge in [0, 0.05) is 25.7 Å². The molecular formula is C19H28FN3O2. The number of piperidine rings is 1. The van der Waals surface area contributed by atoms with Gasteiger partial charge in [-0.1, -0.05) is 18.2 Å². The Morgan fingerprint density at radius 2 is 2.12 bits per heavy atom. The van der Waals surface area contributed by atoms with Crippen molar-refractivity contribution in [1.29, 1.82) is 0 Å². The second-order valence-corrected chi connectivity index (χ2v) is 6.70. The summed E-state index contributed by atoms with van der Waals surface area (Å²) in [5.41, 5.74) is 1.51. The molecule has 0 radical (unpaired) electrons. The predicted molar refractivity (Wildman–Crippen MR) is 97.3 cm³/mol. The van der Waals surface area contributed by atoms with Gasteiger partial charge in [0.15, 0.2) is 0 Å². The number of benzene rings is 1. The fraction of sp³-hybridized carbons (Fsp3) is 0.526. The number of halogens is 1. The van der Waals surface area contributed by atoms with Gasteiger partial charge in [-0.15, -0.1) is 0 Å². The largest absolute Gasteiger partial charge is 0.496 e. The van der Waals surface area contributed by atoms with E-state index in [1.54, 1.807) is 19.1 Å². The van der Waals surface area contributed by atoms with E-state index in [2.05, 4.69) is 22.1 Å². The molecule has 0 spiro atoms. The van der Waals surface area contributed by atoms with Gasteiger partial charge in [0.1, 0.15) is 11.6 Å². The third kappa shape index (κ3) is 5.46. The monoisotopic (exact) mass is 349 g/mol. The molecule has 1 aliphatic heterocycles. The number of amides is 2. The molecule has 1 aromatic rings. The summed E-state index contributed by atoms with van der Waals surface area (Å²) in [6.45, 7) is 10.5. The molecule has 5 nitrogen and oxygen atoms in total. The van der Waals surface area contributed by atoms with Gasteiger partial charge in [-0.2, -0.15) is 0 Å². The van der Waals surface area contributed by atoms with Gasteiger partial charge in [0.05, 0.1) is 18.7 Å². The van der Waals surface area contributed by atoms with Crippen molar-refractivity contribution in [2.24, 2.45) is 0 Å². The van der Waals surface area contributed by atoms with Gasteiger partial charge in [-0.3, -0.25) is 4.90 Å². The topological polar surface area (TPSA) is 53.6 Å². The number of nitrogens with one attached hydrogen (secondary N) is 2. The maximum absolute atomic E-state index is 14.1. The highest BCUT2D eigenvalue weighted by Gasteiger charge is 2.23. The zero-order valence-electron chi connectivity index (χ0n) is 15.3. The van der Waals surface area contributed by atoms with Crippen molar-refractivity contribution >= 4 is 6.03 Å². The maximum Gasteiger partial charge on any atom is 0.315 e. The minimum Gasteiger partial charge on any atom is -0.496 e. The minimum atomic E-state index is -0.486. The molecule has 0 saturated carbocycles. The molecule has 138 valence electrons. The molecule has 1 fully saturated rings. The van der Waals surface area contributed by atoms with E-state index in [9.17, 15) is 9.18 Å². The van der Waals surface area contributed by atoms with Gasteiger partial charge in [-0.05, 0) is 38.8 Å². The number of likely N-dealkylation sites (tertiary alicyclic amines) is 1. The summed E-state index contributed by atoms with van der Waals surface area (Å²) in [6.07, 6.45) is 1.80. The number of hydrogen-bond donors (Lipinski definition) is 2. The Balaban J connectivity index is 1.86. The normalized spacial score (nSPS) is 17.0. The number of nitrogens with zero attached hydrogens (tertiary/aromatic N) is 1. The van der Waals surface area contributed by atoms with Crippen LogP contribution in [0.25, 0.3) is 0 Å². The first-order chi connectivity index (χ1) is 11.9. The first-order valence-corrected chi connectivity index (χ1v) is 8.67. The lowest BCUT2D eigenvalue weighted by Crippen LogP contribution is -2.48. The summed E-state index contributed by atoms with van der Waals surface area (Å²) in [6, 6.07) is 4.01. The van der Waals surface area contributed by atoms with Crippen LogP contribution in [-0.2, 0) is 0 Å². The van der Waals surface area contributed by atoms with Crippen molar-refractivity contribution in [1.82, 2.24) is 15.5 Å². The minimum absolute atomic E-state index is 0.135. The molecule has 0 unspecified atom stereocenters. The van der Waals surface area contributed by atoms with E-state index in [0.717, 1.165) is 38.0 Å². The zero-order valence-corrected chi connectivity index (χ0v) is 15.3. The highest BCUT2D eigenvalue weighted by molar-refractivity contribution is 5.75. The van der Waals surface area contributed by atoms with Crippen LogP contribution in [-0.4, -0.2) is 43.7 Å². The lowest BCUT2D eigenvalue weighted by molar-refractivity contribution is 0.200. The standard InChI is InChI=1S/C19H28FN3O2/c1-13(2)12-23-10-8-15(9-11-23)22-19(24)21-14(3)18-16(20)6-5-7-17(18)25-4/h5-7,14-15H,1,8-12H2,2-4H3,(H2,21,22,24)/t14-/m1/s1. The molecule has 2 N–H and O–H groups in total. The van der Waals surface area contributed by atoms with Crippen molar-refractivity contribution in [3.8, 4) is 5.75 Å². The maximum atomic E-state index is 14.1. The van der Waals surface area contributed by atoms with Crippen LogP contribution in [0, 0.1) is 5.82 Å². The van der Waals surface area contributed by atoms with E-state index in [1.807, 2.05) is 6.92 Å². The van der Waals surface area contributed by atoms with Crippen LogP contribution in [0.4, 0.5) is 9.18 Å². The Morgan fingerprint density at radius 3 is 2.72 bits per heavy atom. The second kappa shape index (κ2) is 8.85. The van der Waals surface area contributed by atoms with Crippen LogP contribution >= 0.6 is 0 Å². The van der Waals surface area contributed by atoms with Crippen LogP contribution in [0.2, 0.25) is 0 Å². The fourth-order valence-corrected chi connectivity index (χ4v) is 3.23. The third-order valence-corrected chi connectivity index (χ3v) is 4.43. The Morgan fingerprint density at radius 1 is 1.44 bits per heavy atom. The molecule has 1 atom stereocenters. The third-order valence-electron chi connectivity index (χ3n) is 4.43. The molecule has 1 aromatic carbocycles. The average Bonchev–Trinajstić information content (AvgIpc) is 2.55. The van der Waals surface area contributed by atoms with E-state index in [-0.39, 0.29) is 17.9 Å². The van der Waals surface area contributed by atoms with E-state index in [4.69, 9.17) is 4.74 Å². The van der Waals surface area contributed by atoms with Crippen LogP contribution in [0.15, 0.2) is 30.4 Å². The Kier molecular flexibility index (Phi) is 6.82. The SMILES string of the molecule is C=C(C)CN1CCC(NC(=O)N[C@H](C)c2c(F)cccc2OC)CC1. The number of urea groups is 1. The molecule has 1 heterocycles. The molecule has 25 heavy (non-hydrogen) atoms. The number of hydrogen-bond acceptors (Lipinski definition) is 3. The number of rotatable bonds is 6. The summed E-state index contributed by atoms with van der Waals surface area (Å²) in [5.74, 6) is 0.0427. The summed E-state index contributed by atoms with van der Waals surface area (Å²) in [4.78, 5) is 14.6. The molecule has 2 rings (SSSR count). The Labute approximate surface area is 149 Å². The summed E-state index contributed by atoms with van der Waals surface area (Å²) in [7, 11) is 1.49. The van der Waals surface area contributed by atoms with Crippen LogP contribution in [0.5, 0.6) is 5.75 Å². The average molecular weight is 349 g/mol. The van der Waals surface area contributed by atoms with E-state index in [1.165, 1.54) is 13.2 Å². The number of methoxy groups -OCH3 is 1. The van der Waals surface area contributed by atoms with Crippen molar-refractivity contribution in [3.05, 3.63) is 41.7 Å². The highest BCUT2D eigenvalue weighted by Crippen LogP contribution is 2.27. The molecular weight excluding hydrogens is 321 g/mol. The molecule has 0 bridgehead atoms. The summed E-state index contributed by atoms with van der Waals surface area (Å²) in [5, 5.41) is 5.79. The zero-order chi connectivity index (χ0) is 18.4. The molecule has 0 aromatic heterocycles. The van der Waals surface area contributed by atoms with Gasteiger partial charge < -0.3 is 15.4 Å². The molecule has 6 heteroatoms. The molecule has 1 aliphatic rings. The van der Waals surface area contributed by atoms with Crippen LogP contribution in [0.3, 0.4) is 0 Å². The van der Waals surface area contributed by atoms with Gasteiger partial charge in [-0.25, -0.2) is 9.18 Å². The van der Waals surface area contributed by atoms with Crippen molar-refractivity contribution in [2.45, 2.75) is 38.8 Å². The quantitative estimate of drug-likeness (QED) is 0.775. The van der Waals surface area contributed by atoms with E-state index < -0.39 is 6.04 Å². The Bertz CT molecular complexity index is 613. The first kappa shape index (κ1) is 19.2. The van der Waals surface area contributed by atoms with Gasteiger partial charge in [0.25, 0.3) is 0 Å². The van der Waals surface area contributed by atoms with Crippen molar-refractivity contribution in [3.63, 3.8) is 0 Å². The highest BCUT2D eigenvalue weighted by atomic mass is 19.1. The number of carbonyl (C=O) groups excluding carboxylic acids is 1. The Hall–Kier alpha value is -2.08. The van der Waals surface area contributed by atoms with E-state index >= 15 is 0 Å². The summed E-state index contributed by atoms with van der Waals surface area (Å²) >= 11 is 0. The van der Waals surface area contributed by atoms with Crippen molar-refractivity contribution in [2.75, 3.05) is 26.7 Å². The second-order valence-electron chi connectivity index (χ2n) is 6.70. The van der Waals surface area contributed by atoms with Gasteiger partial charge in [0.2, 0.25) is 0 Å². The van der Waals surface area contributed by atoms with Crippen molar-refractivity contribution < 1.29 is 13.9 Å². The summed E-state index contributed by atoms with van der Waals surface area (Å²) < 4.78 is 19.3. The van der Waals surface area contributed by atoms with Crippen LogP contribution in [0.1, 0.15) is 38.3 Å². The smallest absolute Gasteiger partial charge is 0.315 e. The van der Waals surface area contributed by atoms with Gasteiger partial charge >= 0.3 is 6.03 Å². The lowest BCUT2D eigenvalue weighted by atomic mass is 10.0. The van der Waals surface area contributed by atoms with Crippen LogP contribution < -0.4 is 15.4 Å². The molecule has 0 aliphatic carbocycles. The predicted octanol–water partition coefficient (Wildman–Crippen LogP) is 3.24. The van der Waals surface area contributed by atoms with E-state index in [0.29, 0.717) is 11.3 Å². The molecule has 2 amide bonds. The molecule has 1 saturated heterocycles. The lowest BCUT2D eigenvalue weighted by Gasteiger charge is -2.32. The fourth-order valence-electron chi connectivity index (χ4n) is 3.23. The number of carbonyl (C=O) groups is 1. The first-order valence-electron chi connectivity index (χ1n) is 8.67.